The van der Waals surface area contributed by atoms with Crippen molar-refractivity contribution in [2.75, 3.05) is 7.11 Å². The summed E-state index contributed by atoms with van der Waals surface area (Å²) in [5.41, 5.74) is 0.741. The zero-order valence-electron chi connectivity index (χ0n) is 19.0. The number of carbonyl (C=O) groups is 2. The monoisotopic (exact) mass is 593 g/mol. The third-order valence-electron chi connectivity index (χ3n) is 4.46. The maximum atomic E-state index is 13.8. The van der Waals surface area contributed by atoms with E-state index in [4.69, 9.17) is 14.6 Å². The van der Waals surface area contributed by atoms with Crippen LogP contribution in [0.5, 0.6) is 5.75 Å². The molecule has 0 atom stereocenters. The van der Waals surface area contributed by atoms with Crippen molar-refractivity contribution in [3.05, 3.63) is 85.8 Å². The Labute approximate surface area is 213 Å². The number of rotatable bonds is 6. The van der Waals surface area contributed by atoms with Gasteiger partial charge in [0.05, 0.1) is 19.3 Å². The van der Waals surface area contributed by atoms with E-state index in [2.05, 4.69) is 30.6 Å². The molecule has 0 aliphatic heterocycles. The molecule has 0 spiro atoms. The lowest BCUT2D eigenvalue weighted by atomic mass is 10.2. The van der Waals surface area contributed by atoms with Crippen molar-refractivity contribution in [1.29, 1.82) is 0 Å². The molecule has 37 heavy (non-hydrogen) atoms. The van der Waals surface area contributed by atoms with Gasteiger partial charge in [0.1, 0.15) is 28.5 Å². The number of aliphatic carboxylic acids is 1. The van der Waals surface area contributed by atoms with Gasteiger partial charge in [-0.1, -0.05) is 0 Å². The minimum Gasteiger partial charge on any atom is -0.487 e. The first-order valence-electron chi connectivity index (χ1n) is 9.91. The van der Waals surface area contributed by atoms with Crippen molar-refractivity contribution in [2.24, 2.45) is 0 Å². The highest BCUT2D eigenvalue weighted by Gasteiger charge is 2.38. The van der Waals surface area contributed by atoms with Crippen LogP contribution in [0.25, 0.3) is 0 Å². The molecule has 0 aliphatic carbocycles. The Bertz CT molecular complexity index is 1360. The molecule has 0 bridgehead atoms. The number of carbonyl (C=O) groups excluding carboxylic acids is 1. The summed E-state index contributed by atoms with van der Waals surface area (Å²) in [4.78, 5) is 41.2. The average Bonchev–Trinajstić information content (AvgIpc) is 2.83. The number of hydrogen-bond donors (Lipinski definition) is 1. The topological polar surface area (TPSA) is 121 Å². The number of nitrogens with zero attached hydrogens (tertiary/aromatic N) is 3. The number of pyridine rings is 1. The van der Waals surface area contributed by atoms with Gasteiger partial charge in [-0.25, -0.2) is 28.3 Å². The fourth-order valence-electron chi connectivity index (χ4n) is 2.65. The molecule has 0 saturated carbocycles. The number of hydrogen-bond acceptors (Lipinski definition) is 7. The molecular weight excluding hydrogens is 577 g/mol. The summed E-state index contributed by atoms with van der Waals surface area (Å²) in [6.07, 6.45) is -3.68. The number of alkyl halides is 3. The Morgan fingerprint density at radius 2 is 1.81 bits per heavy atom. The van der Waals surface area contributed by atoms with Crippen LogP contribution >= 0.6 is 15.9 Å². The number of carboxylic acids is 1. The molecule has 2 heterocycles. The molecule has 3 aromatic rings. The van der Waals surface area contributed by atoms with Crippen molar-refractivity contribution in [3.8, 4) is 5.75 Å². The van der Waals surface area contributed by atoms with E-state index in [-0.39, 0.29) is 34.8 Å². The second-order valence-corrected chi connectivity index (χ2v) is 7.84. The Kier molecular flexibility index (Phi) is 9.82. The zero-order valence-corrected chi connectivity index (χ0v) is 20.6. The number of aryl methyl sites for hydroxylation is 1. The number of halogens is 6. The van der Waals surface area contributed by atoms with E-state index < -0.39 is 35.3 Å². The predicted octanol–water partition coefficient (Wildman–Crippen LogP) is 4.03. The summed E-state index contributed by atoms with van der Waals surface area (Å²) >= 11 is 3.21. The van der Waals surface area contributed by atoms with E-state index in [0.29, 0.717) is 11.4 Å². The quantitative estimate of drug-likeness (QED) is 0.336. The van der Waals surface area contributed by atoms with Gasteiger partial charge in [-0.15, -0.1) is 0 Å². The van der Waals surface area contributed by atoms with Crippen LogP contribution in [0.3, 0.4) is 0 Å². The maximum absolute atomic E-state index is 13.8. The number of carboxylic acid groups (broad SMARTS) is 1. The van der Waals surface area contributed by atoms with Crippen molar-refractivity contribution in [3.63, 3.8) is 0 Å². The smallest absolute Gasteiger partial charge is 0.487 e. The summed E-state index contributed by atoms with van der Waals surface area (Å²) in [5.74, 6) is -4.75. The number of benzene rings is 1. The molecule has 9 nitrogen and oxygen atoms in total. The minimum absolute atomic E-state index is 0.0860. The number of methoxy groups -OCH3 is 1. The maximum Gasteiger partial charge on any atom is 0.490 e. The molecule has 0 radical (unpaired) electrons. The van der Waals surface area contributed by atoms with E-state index in [0.717, 1.165) is 12.1 Å². The highest BCUT2D eigenvalue weighted by atomic mass is 79.9. The van der Waals surface area contributed by atoms with E-state index in [1.807, 2.05) is 0 Å². The van der Waals surface area contributed by atoms with Gasteiger partial charge >= 0.3 is 18.1 Å². The molecule has 1 aromatic carbocycles. The lowest BCUT2D eigenvalue weighted by Gasteiger charge is -2.14. The number of ether oxygens (including phenoxy) is 2. The van der Waals surface area contributed by atoms with E-state index in [1.54, 1.807) is 19.1 Å². The summed E-state index contributed by atoms with van der Waals surface area (Å²) in [7, 11) is 1.22. The molecule has 0 saturated heterocycles. The normalized spacial score (nSPS) is 10.8. The molecule has 3 rings (SSSR count). The van der Waals surface area contributed by atoms with Gasteiger partial charge in [0, 0.05) is 29.6 Å². The Balaban J connectivity index is 0.000000604. The molecule has 0 amide bonds. The van der Waals surface area contributed by atoms with Gasteiger partial charge in [0.2, 0.25) is 5.82 Å². The summed E-state index contributed by atoms with van der Waals surface area (Å²) in [6.45, 7) is 1.60. The van der Waals surface area contributed by atoms with Crippen LogP contribution in [0.1, 0.15) is 27.6 Å². The van der Waals surface area contributed by atoms with Crippen molar-refractivity contribution in [2.45, 2.75) is 26.3 Å². The van der Waals surface area contributed by atoms with Gasteiger partial charge in [0.15, 0.2) is 0 Å². The Morgan fingerprint density at radius 1 is 1.16 bits per heavy atom. The largest absolute Gasteiger partial charge is 0.490 e. The van der Waals surface area contributed by atoms with Crippen LogP contribution in [-0.4, -0.2) is 44.9 Å². The first-order chi connectivity index (χ1) is 17.2. The molecule has 0 fully saturated rings. The molecule has 2 aromatic heterocycles. The molecular formula is C22H17BrF5N3O6. The number of esters is 1. The van der Waals surface area contributed by atoms with E-state index in [1.165, 1.54) is 23.9 Å². The van der Waals surface area contributed by atoms with Crippen molar-refractivity contribution < 1.29 is 46.1 Å². The van der Waals surface area contributed by atoms with Crippen LogP contribution in [0.2, 0.25) is 0 Å². The minimum atomic E-state index is -5.08. The SMILES string of the molecule is COC(=O)c1nccc(Cn2c(C)cc(OCc3ccc(F)cc3F)c(Br)c2=O)n1.O=C(O)C(F)(F)F. The first kappa shape index (κ1) is 29.4. The summed E-state index contributed by atoms with van der Waals surface area (Å²) in [5, 5.41) is 7.12. The van der Waals surface area contributed by atoms with Crippen LogP contribution < -0.4 is 10.3 Å². The van der Waals surface area contributed by atoms with Crippen LogP contribution in [0, 0.1) is 18.6 Å². The fourth-order valence-corrected chi connectivity index (χ4v) is 3.09. The van der Waals surface area contributed by atoms with Gasteiger partial charge < -0.3 is 19.1 Å². The third-order valence-corrected chi connectivity index (χ3v) is 5.19. The molecule has 1 N–H and O–H groups in total. The van der Waals surface area contributed by atoms with Crippen LogP contribution in [0.15, 0.2) is 45.8 Å². The molecule has 0 unspecified atom stereocenters. The van der Waals surface area contributed by atoms with Crippen molar-refractivity contribution in [1.82, 2.24) is 14.5 Å². The first-order valence-corrected chi connectivity index (χ1v) is 10.7. The van der Waals surface area contributed by atoms with Gasteiger partial charge in [0.25, 0.3) is 5.56 Å². The van der Waals surface area contributed by atoms with E-state index >= 15 is 0 Å². The number of aromatic nitrogens is 3. The third kappa shape index (κ3) is 8.06. The Hall–Kier alpha value is -3.88. The Morgan fingerprint density at radius 3 is 2.38 bits per heavy atom. The molecule has 198 valence electrons. The predicted molar refractivity (Wildman–Crippen MR) is 120 cm³/mol. The van der Waals surface area contributed by atoms with Crippen LogP contribution in [-0.2, 0) is 22.7 Å². The molecule has 0 aliphatic rings. The highest BCUT2D eigenvalue weighted by molar-refractivity contribution is 9.10. The van der Waals surface area contributed by atoms with Crippen LogP contribution in [0.4, 0.5) is 22.0 Å². The van der Waals surface area contributed by atoms with E-state index in [9.17, 15) is 31.5 Å². The average molecular weight is 594 g/mol. The zero-order chi connectivity index (χ0) is 27.9. The molecule has 15 heteroatoms. The standard InChI is InChI=1S/C20H16BrF2N3O4.C2HF3O2/c1-11-7-16(30-10-12-3-4-13(22)8-15(12)23)17(21)19(27)26(11)9-14-5-6-24-18(25-14)20(28)29-2;3-2(4,5)1(6)7/h3-8H,9-10H2,1-2H3;(H,6,7). The van der Waals surface area contributed by atoms with Gasteiger partial charge in [-0.3, -0.25) is 4.79 Å². The second-order valence-electron chi connectivity index (χ2n) is 7.05. The summed E-state index contributed by atoms with van der Waals surface area (Å²) in [6, 6.07) is 6.36. The highest BCUT2D eigenvalue weighted by Crippen LogP contribution is 2.24. The second kappa shape index (κ2) is 12.4. The lowest BCUT2D eigenvalue weighted by Crippen LogP contribution is -2.25. The van der Waals surface area contributed by atoms with Crippen molar-refractivity contribution >= 4 is 27.9 Å². The lowest BCUT2D eigenvalue weighted by molar-refractivity contribution is -0.192. The van der Waals surface area contributed by atoms with Gasteiger partial charge in [-0.2, -0.15) is 13.2 Å². The van der Waals surface area contributed by atoms with Gasteiger partial charge in [-0.05, 0) is 41.1 Å². The fraction of sp³-hybridized carbons (Fsp3) is 0.227. The summed E-state index contributed by atoms with van der Waals surface area (Å²) < 4.78 is 70.3.